The van der Waals surface area contributed by atoms with Gasteiger partial charge in [-0.25, -0.2) is 0 Å². The lowest BCUT2D eigenvalue weighted by molar-refractivity contribution is 0.414. The average Bonchev–Trinajstić information content (AvgIpc) is 3.13. The quantitative estimate of drug-likeness (QED) is 0.186. The van der Waals surface area contributed by atoms with Crippen LogP contribution in [0.15, 0.2) is 23.3 Å². The van der Waals surface area contributed by atoms with E-state index >= 15 is 0 Å². The Kier molecular flexibility index (Phi) is 11.3. The van der Waals surface area contributed by atoms with Crippen LogP contribution in [-0.2, 0) is 0 Å². The smallest absolute Gasteiger partial charge is 0.146 e. The topological polar surface area (TPSA) is 48.7 Å². The van der Waals surface area contributed by atoms with Crippen molar-refractivity contribution in [3.63, 3.8) is 0 Å². The summed E-state index contributed by atoms with van der Waals surface area (Å²) in [5.74, 6) is 1.53. The van der Waals surface area contributed by atoms with Gasteiger partial charge in [-0.15, -0.1) is 0 Å². The summed E-state index contributed by atoms with van der Waals surface area (Å²) in [6.45, 7) is 5.17. The Bertz CT molecular complexity index is 689. The highest BCUT2D eigenvalue weighted by atomic mass is 35.5. The van der Waals surface area contributed by atoms with Crippen molar-refractivity contribution in [2.75, 3.05) is 13.7 Å². The first-order valence-electron chi connectivity index (χ1n) is 11.8. The number of hydrazone groups is 1. The molecule has 1 heterocycles. The Morgan fingerprint density at radius 1 is 1.07 bits per heavy atom. The van der Waals surface area contributed by atoms with E-state index in [1.165, 1.54) is 64.2 Å². The van der Waals surface area contributed by atoms with Gasteiger partial charge in [0.1, 0.15) is 11.6 Å². The molecule has 0 spiro atoms. The molecule has 1 N–H and O–H groups in total. The number of unbranched alkanes of at least 4 members (excludes halogenated alkanes) is 10. The van der Waals surface area contributed by atoms with Gasteiger partial charge in [-0.3, -0.25) is 10.4 Å². The predicted molar refractivity (Wildman–Crippen MR) is 129 cm³/mol. The minimum atomic E-state index is 0.245. The molecule has 0 aliphatic carbocycles. The van der Waals surface area contributed by atoms with Crippen molar-refractivity contribution in [2.24, 2.45) is 11.0 Å². The Labute approximate surface area is 188 Å². The molecule has 0 aromatic heterocycles. The van der Waals surface area contributed by atoms with Gasteiger partial charge < -0.3 is 4.74 Å². The van der Waals surface area contributed by atoms with E-state index in [9.17, 15) is 0 Å². The molecule has 0 radical (unpaired) electrons. The number of methoxy groups -OCH3 is 1. The van der Waals surface area contributed by atoms with E-state index in [1.54, 1.807) is 7.11 Å². The SMILES string of the molecule is CCCCCCCCCCCCCC(=N)N1CC(C)C(c2cccc(Cl)c2OC)=N1. The molecule has 1 aliphatic heterocycles. The van der Waals surface area contributed by atoms with Crippen LogP contribution in [0.2, 0.25) is 5.02 Å². The predicted octanol–water partition coefficient (Wildman–Crippen LogP) is 7.68. The molecule has 30 heavy (non-hydrogen) atoms. The summed E-state index contributed by atoms with van der Waals surface area (Å²) in [5.41, 5.74) is 1.89. The Hall–Kier alpha value is -1.55. The second-order valence-corrected chi connectivity index (χ2v) is 8.93. The first-order valence-corrected chi connectivity index (χ1v) is 12.2. The van der Waals surface area contributed by atoms with Gasteiger partial charge in [0.2, 0.25) is 0 Å². The molecule has 1 atom stereocenters. The van der Waals surface area contributed by atoms with E-state index < -0.39 is 0 Å². The number of halogens is 1. The third-order valence-corrected chi connectivity index (χ3v) is 6.22. The van der Waals surface area contributed by atoms with Gasteiger partial charge in [0.15, 0.2) is 0 Å². The van der Waals surface area contributed by atoms with Crippen molar-refractivity contribution in [1.82, 2.24) is 5.01 Å². The van der Waals surface area contributed by atoms with Gasteiger partial charge in [0, 0.05) is 17.9 Å². The largest absolute Gasteiger partial charge is 0.494 e. The minimum Gasteiger partial charge on any atom is -0.494 e. The molecule has 4 nitrogen and oxygen atoms in total. The standard InChI is InChI=1S/C25H40ClN3O/c1-4-5-6-7-8-9-10-11-12-13-14-18-23(27)29-19-20(2)24(28-29)21-16-15-17-22(26)25(21)30-3/h15-17,20,27H,4-14,18-19H2,1-3H3. The minimum absolute atomic E-state index is 0.245. The van der Waals surface area contributed by atoms with E-state index in [4.69, 9.17) is 26.8 Å². The van der Waals surface area contributed by atoms with Crippen molar-refractivity contribution in [3.05, 3.63) is 28.8 Å². The van der Waals surface area contributed by atoms with Gasteiger partial charge in [0.05, 0.1) is 24.4 Å². The van der Waals surface area contributed by atoms with Crippen LogP contribution in [0.1, 0.15) is 96.5 Å². The van der Waals surface area contributed by atoms with Crippen LogP contribution in [0, 0.1) is 11.3 Å². The third kappa shape index (κ3) is 7.61. The van der Waals surface area contributed by atoms with E-state index in [1.807, 2.05) is 23.2 Å². The van der Waals surface area contributed by atoms with Gasteiger partial charge in [-0.05, 0) is 18.6 Å². The van der Waals surface area contributed by atoms with Gasteiger partial charge in [0.25, 0.3) is 0 Å². The Morgan fingerprint density at radius 3 is 2.27 bits per heavy atom. The maximum Gasteiger partial charge on any atom is 0.146 e. The number of para-hydroxylation sites is 1. The molecule has 5 heteroatoms. The highest BCUT2D eigenvalue weighted by molar-refractivity contribution is 6.32. The molecule has 0 saturated heterocycles. The molecule has 1 unspecified atom stereocenters. The number of ether oxygens (including phenoxy) is 1. The zero-order chi connectivity index (χ0) is 21.8. The molecule has 2 rings (SSSR count). The van der Waals surface area contributed by atoms with E-state index in [0.717, 1.165) is 30.7 Å². The number of rotatable bonds is 14. The molecule has 0 amide bonds. The lowest BCUT2D eigenvalue weighted by Crippen LogP contribution is -2.24. The van der Waals surface area contributed by atoms with E-state index in [2.05, 4.69) is 13.8 Å². The van der Waals surface area contributed by atoms with Crippen LogP contribution in [0.25, 0.3) is 0 Å². The lowest BCUT2D eigenvalue weighted by Gasteiger charge is -2.15. The second kappa shape index (κ2) is 13.7. The van der Waals surface area contributed by atoms with Crippen molar-refractivity contribution in [2.45, 2.75) is 90.9 Å². The third-order valence-electron chi connectivity index (χ3n) is 5.92. The summed E-state index contributed by atoms with van der Waals surface area (Å²) >= 11 is 6.28. The number of benzene rings is 1. The fourth-order valence-corrected chi connectivity index (χ4v) is 4.36. The van der Waals surface area contributed by atoms with Crippen LogP contribution in [0.4, 0.5) is 0 Å². The number of nitrogens with zero attached hydrogens (tertiary/aromatic N) is 2. The van der Waals surface area contributed by atoms with Gasteiger partial charge in [-0.2, -0.15) is 5.10 Å². The van der Waals surface area contributed by atoms with Crippen LogP contribution in [-0.4, -0.2) is 30.2 Å². The molecule has 0 saturated carbocycles. The highest BCUT2D eigenvalue weighted by Crippen LogP contribution is 2.32. The summed E-state index contributed by atoms with van der Waals surface area (Å²) in [6, 6.07) is 5.75. The van der Waals surface area contributed by atoms with Gasteiger partial charge in [-0.1, -0.05) is 95.7 Å². The van der Waals surface area contributed by atoms with Gasteiger partial charge >= 0.3 is 0 Å². The van der Waals surface area contributed by atoms with Crippen molar-refractivity contribution < 1.29 is 4.74 Å². The monoisotopic (exact) mass is 433 g/mol. The fraction of sp³-hybridized carbons (Fsp3) is 0.680. The summed E-state index contributed by atoms with van der Waals surface area (Å²) < 4.78 is 5.49. The molecule has 0 fully saturated rings. The van der Waals surface area contributed by atoms with Crippen molar-refractivity contribution in [1.29, 1.82) is 5.41 Å². The van der Waals surface area contributed by atoms with Crippen LogP contribution in [0.5, 0.6) is 5.75 Å². The second-order valence-electron chi connectivity index (χ2n) is 8.52. The van der Waals surface area contributed by atoms with Crippen molar-refractivity contribution in [3.8, 4) is 5.75 Å². The molecular formula is C25H40ClN3O. The average molecular weight is 434 g/mol. The Balaban J connectivity index is 1.69. The first-order chi connectivity index (χ1) is 14.6. The van der Waals surface area contributed by atoms with Crippen LogP contribution >= 0.6 is 11.6 Å². The zero-order valence-electron chi connectivity index (χ0n) is 19.2. The fourth-order valence-electron chi connectivity index (χ4n) is 4.11. The summed E-state index contributed by atoms with van der Waals surface area (Å²) in [4.78, 5) is 0. The molecule has 168 valence electrons. The number of amidine groups is 1. The summed E-state index contributed by atoms with van der Waals surface area (Å²) in [6.07, 6.45) is 15.4. The van der Waals surface area contributed by atoms with Crippen LogP contribution < -0.4 is 4.74 Å². The number of hydrogen-bond acceptors (Lipinski definition) is 3. The van der Waals surface area contributed by atoms with Crippen molar-refractivity contribution >= 4 is 23.1 Å². The molecule has 0 bridgehead atoms. The summed E-state index contributed by atoms with van der Waals surface area (Å²) in [5, 5.41) is 15.7. The van der Waals surface area contributed by atoms with E-state index in [0.29, 0.717) is 16.6 Å². The summed E-state index contributed by atoms with van der Waals surface area (Å²) in [7, 11) is 1.64. The highest BCUT2D eigenvalue weighted by Gasteiger charge is 2.28. The maximum absolute atomic E-state index is 8.46. The Morgan fingerprint density at radius 2 is 1.67 bits per heavy atom. The molecular weight excluding hydrogens is 394 g/mol. The number of hydrogen-bond donors (Lipinski definition) is 1. The normalized spacial score (nSPS) is 16.1. The first kappa shape index (κ1) is 24.7. The number of nitrogens with one attached hydrogen (secondary N) is 1. The molecule has 1 aromatic rings. The molecule has 1 aliphatic rings. The van der Waals surface area contributed by atoms with Crippen LogP contribution in [0.3, 0.4) is 0 Å². The maximum atomic E-state index is 8.46. The molecule has 1 aromatic carbocycles. The lowest BCUT2D eigenvalue weighted by atomic mass is 9.98. The zero-order valence-corrected chi connectivity index (χ0v) is 19.9. The van der Waals surface area contributed by atoms with E-state index in [-0.39, 0.29) is 5.92 Å².